The van der Waals surface area contributed by atoms with Gasteiger partial charge in [-0.15, -0.1) is 0 Å². The van der Waals surface area contributed by atoms with Crippen molar-refractivity contribution in [3.05, 3.63) is 82.8 Å². The molecule has 3 aromatic rings. The maximum absolute atomic E-state index is 4.98. The summed E-state index contributed by atoms with van der Waals surface area (Å²) in [5.41, 5.74) is 4.92. The molecule has 30 heavy (non-hydrogen) atoms. The van der Waals surface area contributed by atoms with Crippen LogP contribution in [0.2, 0.25) is 0 Å². The third kappa shape index (κ3) is 4.01. The van der Waals surface area contributed by atoms with Crippen LogP contribution in [-0.4, -0.2) is 19.5 Å². The molecule has 0 bridgehead atoms. The number of allylic oxidation sites excluding steroid dienone is 2. The van der Waals surface area contributed by atoms with E-state index in [-0.39, 0.29) is 6.04 Å². The monoisotopic (exact) mass is 399 g/mol. The van der Waals surface area contributed by atoms with E-state index >= 15 is 0 Å². The van der Waals surface area contributed by atoms with Crippen molar-refractivity contribution in [2.24, 2.45) is 0 Å². The first-order valence-electron chi connectivity index (χ1n) is 10.5. The first kappa shape index (κ1) is 20.0. The molecular weight excluding hydrogens is 370 g/mol. The predicted octanol–water partition coefficient (Wildman–Crippen LogP) is 3.88. The lowest BCUT2D eigenvalue weighted by molar-refractivity contribution is 0.522. The van der Waals surface area contributed by atoms with Gasteiger partial charge in [0.1, 0.15) is 5.82 Å². The summed E-state index contributed by atoms with van der Waals surface area (Å²) in [4.78, 5) is 12.6. The number of H-pyrrole nitrogens is 1. The van der Waals surface area contributed by atoms with E-state index in [0.717, 1.165) is 57.6 Å². The molecule has 3 aromatic heterocycles. The van der Waals surface area contributed by atoms with Gasteiger partial charge in [0.15, 0.2) is 0 Å². The molecule has 2 N–H and O–H groups in total. The van der Waals surface area contributed by atoms with Gasteiger partial charge >= 0.3 is 0 Å². The van der Waals surface area contributed by atoms with Gasteiger partial charge in [0.25, 0.3) is 0 Å². The summed E-state index contributed by atoms with van der Waals surface area (Å²) in [5.74, 6) is 1.16. The van der Waals surface area contributed by atoms with E-state index < -0.39 is 0 Å². The molecule has 4 heterocycles. The minimum absolute atomic E-state index is 0.157. The molecule has 0 amide bonds. The lowest BCUT2D eigenvalue weighted by Crippen LogP contribution is -2.24. The number of anilines is 1. The molecule has 1 atom stereocenters. The number of imidazole rings is 1. The SMILES string of the molecule is C=C(c1c[nH]/c(=C/C=C\C)c1=C)C(Nc1ccnc(C)c1)c1cn2c(n1)CCCC2. The minimum atomic E-state index is -0.157. The van der Waals surface area contributed by atoms with Crippen LogP contribution in [0.15, 0.2) is 49.5 Å². The second kappa shape index (κ2) is 8.57. The Kier molecular flexibility index (Phi) is 5.70. The molecule has 0 aliphatic carbocycles. The number of hydrogen-bond acceptors (Lipinski definition) is 3. The Bertz CT molecular complexity index is 1170. The number of pyridine rings is 1. The van der Waals surface area contributed by atoms with Crippen molar-refractivity contribution in [1.29, 1.82) is 0 Å². The Labute approximate surface area is 177 Å². The number of rotatable bonds is 6. The van der Waals surface area contributed by atoms with E-state index in [1.807, 2.05) is 56.6 Å². The average molecular weight is 400 g/mol. The summed E-state index contributed by atoms with van der Waals surface area (Å²) >= 11 is 0. The van der Waals surface area contributed by atoms with Crippen LogP contribution in [0.5, 0.6) is 0 Å². The second-order valence-electron chi connectivity index (χ2n) is 7.81. The summed E-state index contributed by atoms with van der Waals surface area (Å²) in [6.07, 6.45) is 15.5. The first-order valence-corrected chi connectivity index (χ1v) is 10.5. The standard InChI is InChI=1S/C25H29N5/c1-5-6-9-22-18(3)21(15-27-22)19(4)25(28-20-11-12-26-17(2)14-20)23-16-30-13-8-7-10-24(30)29-23/h5-6,9,11-12,14-16,25,27H,3-4,7-8,10,13H2,1-2H3,(H,26,28)/b6-5-,22-9+. The van der Waals surface area contributed by atoms with Crippen LogP contribution in [-0.2, 0) is 13.0 Å². The van der Waals surface area contributed by atoms with Gasteiger partial charge in [-0.2, -0.15) is 0 Å². The smallest absolute Gasteiger partial charge is 0.109 e. The average Bonchev–Trinajstić information content (AvgIpc) is 3.33. The summed E-state index contributed by atoms with van der Waals surface area (Å²) in [5, 5.41) is 5.58. The number of hydrogen-bond donors (Lipinski definition) is 2. The fourth-order valence-electron chi connectivity index (χ4n) is 3.97. The van der Waals surface area contributed by atoms with Crippen molar-refractivity contribution in [2.75, 3.05) is 5.32 Å². The molecular formula is C25H29N5. The number of aryl methyl sites for hydroxylation is 3. The molecule has 5 nitrogen and oxygen atoms in total. The van der Waals surface area contributed by atoms with Gasteiger partial charge in [-0.3, -0.25) is 4.98 Å². The Morgan fingerprint density at radius 3 is 3.00 bits per heavy atom. The number of nitrogens with zero attached hydrogens (tertiary/aromatic N) is 3. The molecule has 0 fully saturated rings. The van der Waals surface area contributed by atoms with Crippen molar-refractivity contribution in [1.82, 2.24) is 19.5 Å². The van der Waals surface area contributed by atoms with Crippen LogP contribution < -0.4 is 15.9 Å². The third-order valence-electron chi connectivity index (χ3n) is 5.60. The van der Waals surface area contributed by atoms with Gasteiger partial charge in [-0.05, 0) is 55.7 Å². The van der Waals surface area contributed by atoms with E-state index in [0.29, 0.717) is 0 Å². The molecule has 4 rings (SSSR count). The zero-order valence-corrected chi connectivity index (χ0v) is 17.8. The largest absolute Gasteiger partial charge is 0.373 e. The van der Waals surface area contributed by atoms with Crippen molar-refractivity contribution in [2.45, 2.75) is 45.7 Å². The fraction of sp³-hybridized carbons (Fsp3) is 0.280. The van der Waals surface area contributed by atoms with Gasteiger partial charge in [0, 0.05) is 53.9 Å². The molecule has 1 aliphatic heterocycles. The lowest BCUT2D eigenvalue weighted by atomic mass is 9.98. The Morgan fingerprint density at radius 1 is 1.37 bits per heavy atom. The van der Waals surface area contributed by atoms with E-state index in [1.165, 1.54) is 12.8 Å². The highest BCUT2D eigenvalue weighted by Gasteiger charge is 2.23. The van der Waals surface area contributed by atoms with Gasteiger partial charge in [0.2, 0.25) is 0 Å². The number of fused-ring (bicyclic) bond motifs is 1. The maximum Gasteiger partial charge on any atom is 0.109 e. The number of aromatic nitrogens is 4. The highest BCUT2D eigenvalue weighted by molar-refractivity contribution is 5.72. The Morgan fingerprint density at radius 2 is 2.23 bits per heavy atom. The minimum Gasteiger partial charge on any atom is -0.373 e. The van der Waals surface area contributed by atoms with Crippen LogP contribution in [0.4, 0.5) is 5.69 Å². The predicted molar refractivity (Wildman–Crippen MR) is 124 cm³/mol. The quantitative estimate of drug-likeness (QED) is 0.661. The molecule has 0 spiro atoms. The molecule has 1 aliphatic rings. The van der Waals surface area contributed by atoms with Crippen LogP contribution in [0.25, 0.3) is 18.2 Å². The van der Waals surface area contributed by atoms with Gasteiger partial charge in [-0.25, -0.2) is 4.98 Å². The van der Waals surface area contributed by atoms with Crippen LogP contribution in [0.1, 0.15) is 48.6 Å². The number of nitrogens with one attached hydrogen (secondary N) is 2. The first-order chi connectivity index (χ1) is 14.6. The van der Waals surface area contributed by atoms with Gasteiger partial charge < -0.3 is 14.9 Å². The summed E-state index contributed by atoms with van der Waals surface area (Å²) in [6, 6.07) is 3.87. The molecule has 0 saturated carbocycles. The molecule has 0 radical (unpaired) electrons. The van der Waals surface area contributed by atoms with E-state index in [4.69, 9.17) is 4.98 Å². The summed E-state index contributed by atoms with van der Waals surface area (Å²) < 4.78 is 2.28. The highest BCUT2D eigenvalue weighted by atomic mass is 15.1. The van der Waals surface area contributed by atoms with Gasteiger partial charge in [0.05, 0.1) is 11.7 Å². The van der Waals surface area contributed by atoms with Crippen molar-refractivity contribution in [3.8, 4) is 0 Å². The molecule has 1 unspecified atom stereocenters. The molecule has 154 valence electrons. The van der Waals surface area contributed by atoms with Crippen molar-refractivity contribution >= 4 is 23.9 Å². The van der Waals surface area contributed by atoms with Crippen LogP contribution in [0, 0.1) is 6.92 Å². The maximum atomic E-state index is 4.98. The second-order valence-corrected chi connectivity index (χ2v) is 7.81. The fourth-order valence-corrected chi connectivity index (χ4v) is 3.97. The summed E-state index contributed by atoms with van der Waals surface area (Å²) in [6.45, 7) is 13.8. The Balaban J connectivity index is 1.75. The zero-order chi connectivity index (χ0) is 21.1. The van der Waals surface area contributed by atoms with Crippen molar-refractivity contribution < 1.29 is 0 Å². The summed E-state index contributed by atoms with van der Waals surface area (Å²) in [7, 11) is 0. The van der Waals surface area contributed by atoms with Gasteiger partial charge in [-0.1, -0.05) is 25.3 Å². The normalized spacial score (nSPS) is 15.3. The van der Waals surface area contributed by atoms with Crippen molar-refractivity contribution in [3.63, 3.8) is 0 Å². The lowest BCUT2D eigenvalue weighted by Gasteiger charge is -2.20. The molecule has 0 aromatic carbocycles. The van der Waals surface area contributed by atoms with E-state index in [1.54, 1.807) is 0 Å². The van der Waals surface area contributed by atoms with E-state index in [2.05, 4.69) is 39.2 Å². The van der Waals surface area contributed by atoms with Crippen LogP contribution >= 0.6 is 0 Å². The van der Waals surface area contributed by atoms with E-state index in [9.17, 15) is 0 Å². The molecule has 5 heteroatoms. The topological polar surface area (TPSA) is 58.5 Å². The number of aromatic amines is 1. The third-order valence-corrected chi connectivity index (χ3v) is 5.60. The molecule has 0 saturated heterocycles. The Hall–Kier alpha value is -3.34. The zero-order valence-electron chi connectivity index (χ0n) is 17.8. The highest BCUT2D eigenvalue weighted by Crippen LogP contribution is 2.31. The van der Waals surface area contributed by atoms with Crippen LogP contribution in [0.3, 0.4) is 0 Å².